The van der Waals surface area contributed by atoms with Crippen LogP contribution < -0.4 is 15.2 Å². The van der Waals surface area contributed by atoms with Gasteiger partial charge >= 0.3 is 0 Å². The molecule has 0 unspecified atom stereocenters. The predicted octanol–water partition coefficient (Wildman–Crippen LogP) is 4.00. The van der Waals surface area contributed by atoms with Crippen LogP contribution in [0.15, 0.2) is 48.5 Å². The number of carbonyl (C=O) groups is 1. The van der Waals surface area contributed by atoms with Gasteiger partial charge in [-0.3, -0.25) is 4.79 Å². The first-order chi connectivity index (χ1) is 13.5. The minimum Gasteiger partial charge on any atom is -0.493 e. The number of methoxy groups -OCH3 is 1. The van der Waals surface area contributed by atoms with E-state index in [4.69, 9.17) is 15.2 Å². The third kappa shape index (κ3) is 5.04. The molecule has 0 aliphatic heterocycles. The summed E-state index contributed by atoms with van der Waals surface area (Å²) in [6, 6.07) is 15.8. The van der Waals surface area contributed by atoms with Gasteiger partial charge in [-0.1, -0.05) is 50.2 Å². The number of nitrogens with zero attached hydrogens (tertiary/aromatic N) is 1. The Morgan fingerprint density at radius 3 is 2.29 bits per heavy atom. The minimum absolute atomic E-state index is 0.0865. The summed E-state index contributed by atoms with van der Waals surface area (Å²) in [4.78, 5) is 14.7. The van der Waals surface area contributed by atoms with E-state index < -0.39 is 5.41 Å². The molecule has 28 heavy (non-hydrogen) atoms. The summed E-state index contributed by atoms with van der Waals surface area (Å²) in [5.74, 6) is 1.43. The fraction of sp³-hybridized carbons (Fsp3) is 0.435. The van der Waals surface area contributed by atoms with Crippen molar-refractivity contribution in [3.63, 3.8) is 0 Å². The Kier molecular flexibility index (Phi) is 7.88. The van der Waals surface area contributed by atoms with Crippen molar-refractivity contribution in [1.82, 2.24) is 4.90 Å². The van der Waals surface area contributed by atoms with Gasteiger partial charge in [0.1, 0.15) is 6.61 Å². The maximum Gasteiger partial charge on any atom is 0.230 e. The second-order valence-electron chi connectivity index (χ2n) is 7.11. The number of ether oxygens (including phenoxy) is 2. The van der Waals surface area contributed by atoms with Crippen LogP contribution in [0.2, 0.25) is 0 Å². The van der Waals surface area contributed by atoms with Gasteiger partial charge in [-0.15, -0.1) is 0 Å². The molecule has 5 nitrogen and oxygen atoms in total. The molecule has 152 valence electrons. The molecule has 0 atom stereocenters. The molecule has 2 rings (SSSR count). The van der Waals surface area contributed by atoms with Gasteiger partial charge in [0.25, 0.3) is 0 Å². The Morgan fingerprint density at radius 1 is 1.04 bits per heavy atom. The number of hydrogen-bond acceptors (Lipinski definition) is 4. The molecule has 0 fully saturated rings. The standard InChI is InChI=1S/C23H32N2O3/c1-5-23(6-2,17-24)22(26)25(3)15-19-12-13-20(21(14-19)27-4)28-16-18-10-8-7-9-11-18/h7-14H,5-6,15-17,24H2,1-4H3. The zero-order valence-electron chi connectivity index (χ0n) is 17.4. The fourth-order valence-corrected chi connectivity index (χ4v) is 3.34. The lowest BCUT2D eigenvalue weighted by atomic mass is 9.81. The van der Waals surface area contributed by atoms with Crippen molar-refractivity contribution in [2.75, 3.05) is 20.7 Å². The maximum atomic E-state index is 12.9. The van der Waals surface area contributed by atoms with E-state index in [0.717, 1.165) is 24.0 Å². The lowest BCUT2D eigenvalue weighted by Gasteiger charge is -2.33. The van der Waals surface area contributed by atoms with E-state index in [2.05, 4.69) is 0 Å². The van der Waals surface area contributed by atoms with Gasteiger partial charge in [0.05, 0.1) is 12.5 Å². The quantitative estimate of drug-likeness (QED) is 0.672. The number of nitrogens with two attached hydrogens (primary N) is 1. The molecule has 2 N–H and O–H groups in total. The molecule has 0 bridgehead atoms. The van der Waals surface area contributed by atoms with Gasteiger partial charge in [0.2, 0.25) is 5.91 Å². The average Bonchev–Trinajstić information content (AvgIpc) is 2.74. The van der Waals surface area contributed by atoms with Gasteiger partial charge in [-0.05, 0) is 36.1 Å². The SMILES string of the molecule is CCC(CC)(CN)C(=O)N(C)Cc1ccc(OCc2ccccc2)c(OC)c1. The number of rotatable bonds is 10. The van der Waals surface area contributed by atoms with E-state index in [1.165, 1.54) is 0 Å². The predicted molar refractivity (Wildman–Crippen MR) is 112 cm³/mol. The molecule has 0 aromatic heterocycles. The van der Waals surface area contributed by atoms with Crippen LogP contribution in [0.25, 0.3) is 0 Å². The van der Waals surface area contributed by atoms with Crippen molar-refractivity contribution >= 4 is 5.91 Å². The molecule has 5 heteroatoms. The van der Waals surface area contributed by atoms with Gasteiger partial charge in [-0.2, -0.15) is 0 Å². The largest absolute Gasteiger partial charge is 0.493 e. The van der Waals surface area contributed by atoms with E-state index in [0.29, 0.717) is 31.2 Å². The second kappa shape index (κ2) is 10.1. The van der Waals surface area contributed by atoms with Crippen LogP contribution >= 0.6 is 0 Å². The van der Waals surface area contributed by atoms with E-state index in [1.807, 2.05) is 69.4 Å². The molecule has 2 aromatic carbocycles. The van der Waals surface area contributed by atoms with Crippen molar-refractivity contribution in [3.05, 3.63) is 59.7 Å². The van der Waals surface area contributed by atoms with E-state index in [-0.39, 0.29) is 5.91 Å². The highest BCUT2D eigenvalue weighted by Crippen LogP contribution is 2.31. The lowest BCUT2D eigenvalue weighted by molar-refractivity contribution is -0.141. The molecule has 0 saturated heterocycles. The first-order valence-corrected chi connectivity index (χ1v) is 9.79. The Bertz CT molecular complexity index is 749. The van der Waals surface area contributed by atoms with Crippen LogP contribution in [-0.2, 0) is 17.9 Å². The Morgan fingerprint density at radius 2 is 1.71 bits per heavy atom. The van der Waals surface area contributed by atoms with Crippen LogP contribution in [0.1, 0.15) is 37.8 Å². The molecule has 0 spiro atoms. The van der Waals surface area contributed by atoms with Crippen molar-refractivity contribution in [2.45, 2.75) is 39.8 Å². The first kappa shape index (κ1) is 21.8. The molecule has 1 amide bonds. The van der Waals surface area contributed by atoms with Crippen molar-refractivity contribution in [1.29, 1.82) is 0 Å². The fourth-order valence-electron chi connectivity index (χ4n) is 3.34. The summed E-state index contributed by atoms with van der Waals surface area (Å²) in [6.07, 6.45) is 1.47. The van der Waals surface area contributed by atoms with Crippen LogP contribution in [0.3, 0.4) is 0 Å². The van der Waals surface area contributed by atoms with E-state index in [9.17, 15) is 4.79 Å². The van der Waals surface area contributed by atoms with Crippen molar-refractivity contribution in [2.24, 2.45) is 11.1 Å². The van der Waals surface area contributed by atoms with E-state index >= 15 is 0 Å². The average molecular weight is 385 g/mol. The molecule has 0 saturated carbocycles. The van der Waals surface area contributed by atoms with Gasteiger partial charge in [0.15, 0.2) is 11.5 Å². The third-order valence-corrected chi connectivity index (χ3v) is 5.43. The first-order valence-electron chi connectivity index (χ1n) is 9.79. The zero-order chi connectivity index (χ0) is 20.6. The Hall–Kier alpha value is -2.53. The number of amides is 1. The molecule has 0 heterocycles. The Balaban J connectivity index is 2.09. The minimum atomic E-state index is -0.489. The van der Waals surface area contributed by atoms with Crippen molar-refractivity contribution < 1.29 is 14.3 Å². The molecule has 2 aromatic rings. The van der Waals surface area contributed by atoms with E-state index in [1.54, 1.807) is 12.0 Å². The van der Waals surface area contributed by atoms with Crippen LogP contribution in [0, 0.1) is 5.41 Å². The third-order valence-electron chi connectivity index (χ3n) is 5.43. The van der Waals surface area contributed by atoms with Crippen LogP contribution in [-0.4, -0.2) is 31.5 Å². The van der Waals surface area contributed by atoms with Crippen LogP contribution in [0.4, 0.5) is 0 Å². The molecular weight excluding hydrogens is 352 g/mol. The topological polar surface area (TPSA) is 64.8 Å². The number of hydrogen-bond donors (Lipinski definition) is 1. The summed E-state index contributed by atoms with van der Waals surface area (Å²) in [6.45, 7) is 5.36. The zero-order valence-corrected chi connectivity index (χ0v) is 17.4. The van der Waals surface area contributed by atoms with Gasteiger partial charge in [-0.25, -0.2) is 0 Å². The summed E-state index contributed by atoms with van der Waals surface area (Å²) < 4.78 is 11.4. The normalized spacial score (nSPS) is 11.2. The maximum absolute atomic E-state index is 12.9. The van der Waals surface area contributed by atoms with Gasteiger partial charge < -0.3 is 20.1 Å². The summed E-state index contributed by atoms with van der Waals surface area (Å²) in [7, 11) is 3.45. The van der Waals surface area contributed by atoms with Crippen LogP contribution in [0.5, 0.6) is 11.5 Å². The Labute approximate surface area is 168 Å². The molecule has 0 radical (unpaired) electrons. The smallest absolute Gasteiger partial charge is 0.230 e. The number of benzene rings is 2. The van der Waals surface area contributed by atoms with Crippen molar-refractivity contribution in [3.8, 4) is 11.5 Å². The second-order valence-corrected chi connectivity index (χ2v) is 7.11. The highest BCUT2D eigenvalue weighted by Gasteiger charge is 2.35. The monoisotopic (exact) mass is 384 g/mol. The highest BCUT2D eigenvalue weighted by molar-refractivity contribution is 5.82. The highest BCUT2D eigenvalue weighted by atomic mass is 16.5. The summed E-state index contributed by atoms with van der Waals surface area (Å²) in [5.41, 5.74) is 7.51. The molecule has 0 aliphatic carbocycles. The number of carbonyl (C=O) groups excluding carboxylic acids is 1. The lowest BCUT2D eigenvalue weighted by Crippen LogP contribution is -2.45. The molecule has 0 aliphatic rings. The van der Waals surface area contributed by atoms with Gasteiger partial charge in [0, 0.05) is 20.1 Å². The molecular formula is C23H32N2O3. The summed E-state index contributed by atoms with van der Waals surface area (Å²) in [5, 5.41) is 0. The summed E-state index contributed by atoms with van der Waals surface area (Å²) >= 11 is 0.